The fraction of sp³-hybridized carbons (Fsp3) is 0.182. The monoisotopic (exact) mass is 432 g/mol. The molecular weight excluding hydrogens is 412 g/mol. The lowest BCUT2D eigenvalue weighted by Crippen LogP contribution is -2.25. The first-order valence-electron chi connectivity index (χ1n) is 9.86. The molecule has 0 bridgehead atoms. The lowest BCUT2D eigenvalue weighted by molar-refractivity contribution is -0.384. The third kappa shape index (κ3) is 4.60. The third-order valence-electron chi connectivity index (χ3n) is 5.11. The van der Waals surface area contributed by atoms with Crippen LogP contribution in [-0.4, -0.2) is 30.1 Å². The highest BCUT2D eigenvalue weighted by molar-refractivity contribution is 5.52. The number of tetrazole rings is 1. The summed E-state index contributed by atoms with van der Waals surface area (Å²) in [6, 6.07) is 19.5. The van der Waals surface area contributed by atoms with Crippen LogP contribution >= 0.6 is 0 Å². The Kier molecular flexibility index (Phi) is 6.13. The average molecular weight is 432 g/mol. The van der Waals surface area contributed by atoms with Crippen LogP contribution in [0.1, 0.15) is 22.9 Å². The largest absolute Gasteiger partial charge is 0.367 e. The zero-order valence-corrected chi connectivity index (χ0v) is 17.2. The number of nitro benzene ring substituents is 1. The van der Waals surface area contributed by atoms with Gasteiger partial charge >= 0.3 is 0 Å². The average Bonchev–Trinajstić information content (AvgIpc) is 3.34. The molecule has 0 spiro atoms. The van der Waals surface area contributed by atoms with E-state index in [1.165, 1.54) is 16.7 Å². The molecule has 0 aliphatic rings. The number of aromatic nitrogens is 5. The molecule has 0 saturated heterocycles. The number of benzene rings is 2. The Labute approximate surface area is 182 Å². The van der Waals surface area contributed by atoms with Crippen LogP contribution in [0.4, 0.5) is 5.69 Å². The van der Waals surface area contributed by atoms with Gasteiger partial charge in [-0.05, 0) is 33.7 Å². The van der Waals surface area contributed by atoms with Gasteiger partial charge in [0.2, 0.25) is 0 Å². The highest BCUT2D eigenvalue weighted by Gasteiger charge is 2.20. The van der Waals surface area contributed by atoms with Gasteiger partial charge in [-0.15, -0.1) is 5.10 Å². The minimum absolute atomic E-state index is 0.00589. The van der Waals surface area contributed by atoms with E-state index in [1.54, 1.807) is 31.3 Å². The zero-order chi connectivity index (χ0) is 22.5. The first-order valence-corrected chi connectivity index (χ1v) is 9.86. The summed E-state index contributed by atoms with van der Waals surface area (Å²) in [6.45, 7) is 0.322. The quantitative estimate of drug-likeness (QED) is 0.335. The molecule has 32 heavy (non-hydrogen) atoms. The minimum Gasteiger partial charge on any atom is -0.367 e. The molecule has 0 saturated carbocycles. The molecule has 1 N–H and O–H groups in total. The molecule has 10 heteroatoms. The van der Waals surface area contributed by atoms with E-state index >= 15 is 0 Å². The fourth-order valence-electron chi connectivity index (χ4n) is 3.46. The second-order valence-electron chi connectivity index (χ2n) is 7.20. The number of rotatable bonds is 8. The van der Waals surface area contributed by atoms with Gasteiger partial charge in [0, 0.05) is 31.3 Å². The van der Waals surface area contributed by atoms with Crippen molar-refractivity contribution < 1.29 is 9.66 Å². The molecule has 0 radical (unpaired) electrons. The molecule has 4 aromatic rings. The number of hydrogen-bond acceptors (Lipinski definition) is 7. The van der Waals surface area contributed by atoms with E-state index in [9.17, 15) is 14.9 Å². The van der Waals surface area contributed by atoms with E-state index in [4.69, 9.17) is 4.74 Å². The number of H-pyrrole nitrogens is 1. The van der Waals surface area contributed by atoms with Gasteiger partial charge in [-0.1, -0.05) is 42.5 Å². The first-order chi connectivity index (χ1) is 15.5. The van der Waals surface area contributed by atoms with Gasteiger partial charge in [0.15, 0.2) is 5.82 Å². The van der Waals surface area contributed by atoms with E-state index in [1.807, 2.05) is 30.3 Å². The molecule has 0 amide bonds. The molecule has 1 unspecified atom stereocenters. The molecule has 2 aromatic carbocycles. The predicted octanol–water partition coefficient (Wildman–Crippen LogP) is 2.97. The summed E-state index contributed by atoms with van der Waals surface area (Å²) in [6.07, 6.45) is -0.165. The Morgan fingerprint density at radius 1 is 1.09 bits per heavy atom. The number of non-ortho nitro benzene ring substituents is 1. The molecule has 0 aliphatic heterocycles. The molecule has 162 valence electrons. The summed E-state index contributed by atoms with van der Waals surface area (Å²) >= 11 is 0. The Morgan fingerprint density at radius 3 is 2.59 bits per heavy atom. The van der Waals surface area contributed by atoms with Crippen LogP contribution in [0, 0.1) is 10.1 Å². The van der Waals surface area contributed by atoms with Crippen molar-refractivity contribution >= 4 is 5.69 Å². The third-order valence-corrected chi connectivity index (χ3v) is 5.11. The van der Waals surface area contributed by atoms with Crippen molar-refractivity contribution in [1.82, 2.24) is 25.2 Å². The van der Waals surface area contributed by atoms with Gasteiger partial charge in [0.1, 0.15) is 6.10 Å². The number of pyridine rings is 1. The van der Waals surface area contributed by atoms with Gasteiger partial charge in [-0.25, -0.2) is 5.10 Å². The maximum absolute atomic E-state index is 13.0. The molecule has 0 aliphatic carbocycles. The minimum atomic E-state index is -0.517. The van der Waals surface area contributed by atoms with E-state index in [0.717, 1.165) is 11.1 Å². The summed E-state index contributed by atoms with van der Waals surface area (Å²) in [5.41, 5.74) is 2.39. The maximum Gasteiger partial charge on any atom is 0.269 e. The fourth-order valence-corrected chi connectivity index (χ4v) is 3.46. The lowest BCUT2D eigenvalue weighted by Gasteiger charge is -2.21. The van der Waals surface area contributed by atoms with E-state index < -0.39 is 11.0 Å². The molecule has 1 atom stereocenters. The van der Waals surface area contributed by atoms with Crippen molar-refractivity contribution in [3.63, 3.8) is 0 Å². The number of hydrogen-bond donors (Lipinski definition) is 1. The number of nitrogens with one attached hydrogen (secondary N) is 1. The first kappa shape index (κ1) is 21.1. The predicted molar refractivity (Wildman–Crippen MR) is 116 cm³/mol. The highest BCUT2D eigenvalue weighted by Crippen LogP contribution is 2.26. The number of nitrogens with zero attached hydrogens (tertiary/aromatic N) is 5. The van der Waals surface area contributed by atoms with Crippen LogP contribution < -0.4 is 5.56 Å². The second kappa shape index (κ2) is 9.31. The van der Waals surface area contributed by atoms with Crippen LogP contribution in [-0.2, 0) is 24.8 Å². The van der Waals surface area contributed by atoms with E-state index in [0.29, 0.717) is 24.3 Å². The Hall–Kier alpha value is -4.18. The van der Waals surface area contributed by atoms with Crippen molar-refractivity contribution in [2.24, 2.45) is 7.05 Å². The molecule has 4 rings (SSSR count). The molecule has 2 aromatic heterocycles. The van der Waals surface area contributed by atoms with E-state index in [2.05, 4.69) is 20.6 Å². The smallest absolute Gasteiger partial charge is 0.269 e. The van der Waals surface area contributed by atoms with Crippen molar-refractivity contribution in [2.75, 3.05) is 0 Å². The second-order valence-corrected chi connectivity index (χ2v) is 7.20. The number of ether oxygens (including phenoxy) is 1. The maximum atomic E-state index is 13.0. The highest BCUT2D eigenvalue weighted by atomic mass is 16.6. The normalized spacial score (nSPS) is 11.9. The van der Waals surface area contributed by atoms with Crippen molar-refractivity contribution in [3.05, 3.63) is 104 Å². The standard InChI is InChI=1S/C22H20N6O4/c1-27-19(11-10-18(22(27)29)21-23-25-26-24-21)20(32-14-15-6-3-2-4-7-15)13-16-8-5-9-17(12-16)28(30)31/h2-12,20H,13-14H2,1H3,(H,23,24,25,26). The van der Waals surface area contributed by atoms with Gasteiger partial charge in [0.05, 0.1) is 17.1 Å². The van der Waals surface area contributed by atoms with Crippen molar-refractivity contribution in [1.29, 1.82) is 0 Å². The molecule has 10 nitrogen and oxygen atoms in total. The molecule has 2 heterocycles. The Morgan fingerprint density at radius 2 is 1.88 bits per heavy atom. The van der Waals surface area contributed by atoms with E-state index in [-0.39, 0.29) is 17.1 Å². The summed E-state index contributed by atoms with van der Waals surface area (Å²) in [5, 5.41) is 24.6. The summed E-state index contributed by atoms with van der Waals surface area (Å²) in [7, 11) is 1.65. The SMILES string of the molecule is Cn1c(C(Cc2cccc([N+](=O)[O-])c2)OCc2ccccc2)ccc(-c2nnn[nH]2)c1=O. The van der Waals surface area contributed by atoms with Gasteiger partial charge in [-0.2, -0.15) is 0 Å². The van der Waals surface area contributed by atoms with Gasteiger partial charge in [0.25, 0.3) is 11.2 Å². The topological polar surface area (TPSA) is 129 Å². The van der Waals surface area contributed by atoms with Crippen molar-refractivity contribution in [2.45, 2.75) is 19.1 Å². The van der Waals surface area contributed by atoms with Crippen LogP contribution in [0.5, 0.6) is 0 Å². The Bertz CT molecular complexity index is 1270. The Balaban J connectivity index is 1.68. The lowest BCUT2D eigenvalue weighted by atomic mass is 10.0. The van der Waals surface area contributed by atoms with Gasteiger partial charge in [-0.3, -0.25) is 14.9 Å². The van der Waals surface area contributed by atoms with Gasteiger partial charge < -0.3 is 9.30 Å². The summed E-state index contributed by atoms with van der Waals surface area (Å²) in [4.78, 5) is 23.7. The van der Waals surface area contributed by atoms with Crippen LogP contribution in [0.15, 0.2) is 71.5 Å². The van der Waals surface area contributed by atoms with Crippen LogP contribution in [0.2, 0.25) is 0 Å². The van der Waals surface area contributed by atoms with Crippen LogP contribution in [0.25, 0.3) is 11.4 Å². The summed E-state index contributed by atoms with van der Waals surface area (Å²) in [5.74, 6) is 0.276. The van der Waals surface area contributed by atoms with Crippen molar-refractivity contribution in [3.8, 4) is 11.4 Å². The van der Waals surface area contributed by atoms with Crippen LogP contribution in [0.3, 0.4) is 0 Å². The number of nitro groups is 1. The number of aromatic amines is 1. The molecule has 0 fully saturated rings. The zero-order valence-electron chi connectivity index (χ0n) is 17.2. The molecular formula is C22H20N6O4. The summed E-state index contributed by atoms with van der Waals surface area (Å²) < 4.78 is 7.70.